The molecule has 19 heavy (non-hydrogen) atoms. The third-order valence-electron chi connectivity index (χ3n) is 3.26. The van der Waals surface area contributed by atoms with E-state index in [1.54, 1.807) is 23.5 Å². The van der Waals surface area contributed by atoms with Crippen molar-refractivity contribution in [3.05, 3.63) is 64.5 Å². The summed E-state index contributed by atoms with van der Waals surface area (Å²) in [5, 5.41) is 3.12. The molecule has 3 rings (SSSR count). The fraction of sp³-hybridized carbons (Fsp3) is 0.0625. The van der Waals surface area contributed by atoms with Crippen molar-refractivity contribution in [3.63, 3.8) is 0 Å². The van der Waals surface area contributed by atoms with Crippen molar-refractivity contribution < 1.29 is 4.79 Å². The van der Waals surface area contributed by atoms with Crippen molar-refractivity contribution in [1.29, 1.82) is 0 Å². The summed E-state index contributed by atoms with van der Waals surface area (Å²) in [7, 11) is 0. The summed E-state index contributed by atoms with van der Waals surface area (Å²) in [6.45, 7) is 1.91. The van der Waals surface area contributed by atoms with Crippen molar-refractivity contribution in [2.45, 2.75) is 6.92 Å². The smallest absolute Gasteiger partial charge is 0.194 e. The molecule has 3 aromatic rings. The average molecular weight is 267 g/mol. The van der Waals surface area contributed by atoms with E-state index in [1.165, 1.54) is 0 Å². The quantitative estimate of drug-likeness (QED) is 0.563. The summed E-state index contributed by atoms with van der Waals surface area (Å²) in [4.78, 5) is 12.6. The first-order valence-corrected chi connectivity index (χ1v) is 6.92. The largest absolute Gasteiger partial charge is 0.399 e. The predicted octanol–water partition coefficient (Wildman–Crippen LogP) is 4.02. The molecule has 94 valence electrons. The van der Waals surface area contributed by atoms with E-state index in [0.29, 0.717) is 11.3 Å². The van der Waals surface area contributed by atoms with Gasteiger partial charge < -0.3 is 5.73 Å². The highest BCUT2D eigenvalue weighted by Gasteiger charge is 2.13. The lowest BCUT2D eigenvalue weighted by Crippen LogP contribution is -2.02. The standard InChI is InChI=1S/C16H13NOS/c1-10-9-12(5-6-14(10)17)15(18)13-4-2-3-11-7-8-19-16(11)13/h2-9H,17H2,1H3. The van der Waals surface area contributed by atoms with Crippen molar-refractivity contribution in [3.8, 4) is 0 Å². The highest BCUT2D eigenvalue weighted by Crippen LogP contribution is 2.27. The van der Waals surface area contributed by atoms with Crippen molar-refractivity contribution in [1.82, 2.24) is 0 Å². The highest BCUT2D eigenvalue weighted by molar-refractivity contribution is 7.17. The Morgan fingerprint density at radius 1 is 1.16 bits per heavy atom. The first-order valence-electron chi connectivity index (χ1n) is 6.04. The third-order valence-corrected chi connectivity index (χ3v) is 4.22. The minimum Gasteiger partial charge on any atom is -0.399 e. The Kier molecular flexibility index (Phi) is 2.84. The number of rotatable bonds is 2. The number of anilines is 1. The molecule has 0 atom stereocenters. The first-order chi connectivity index (χ1) is 9.16. The number of aryl methyl sites for hydroxylation is 1. The highest BCUT2D eigenvalue weighted by atomic mass is 32.1. The van der Waals surface area contributed by atoms with Gasteiger partial charge in [-0.3, -0.25) is 4.79 Å². The van der Waals surface area contributed by atoms with Crippen LogP contribution >= 0.6 is 11.3 Å². The van der Waals surface area contributed by atoms with Crippen LogP contribution in [0.15, 0.2) is 47.8 Å². The van der Waals surface area contributed by atoms with Crippen LogP contribution in [0.5, 0.6) is 0 Å². The number of hydrogen-bond acceptors (Lipinski definition) is 3. The zero-order valence-electron chi connectivity index (χ0n) is 10.5. The second kappa shape index (κ2) is 4.52. The van der Waals surface area contributed by atoms with Crippen LogP contribution in [-0.4, -0.2) is 5.78 Å². The summed E-state index contributed by atoms with van der Waals surface area (Å²) < 4.78 is 1.04. The summed E-state index contributed by atoms with van der Waals surface area (Å²) in [6, 6.07) is 13.3. The fourth-order valence-corrected chi connectivity index (χ4v) is 3.05. The Bertz CT molecular complexity index is 773. The molecule has 3 heteroatoms. The molecular weight excluding hydrogens is 254 g/mol. The lowest BCUT2D eigenvalue weighted by atomic mass is 10.00. The van der Waals surface area contributed by atoms with Crippen molar-refractivity contribution >= 4 is 32.9 Å². The van der Waals surface area contributed by atoms with E-state index in [1.807, 2.05) is 42.6 Å². The molecule has 0 amide bonds. The Morgan fingerprint density at radius 3 is 2.79 bits per heavy atom. The van der Waals surface area contributed by atoms with Gasteiger partial charge in [0.05, 0.1) is 0 Å². The molecular formula is C16H13NOS. The predicted molar refractivity (Wildman–Crippen MR) is 80.8 cm³/mol. The molecule has 2 N–H and O–H groups in total. The van der Waals surface area contributed by atoms with Crippen LogP contribution in [0.25, 0.3) is 10.1 Å². The van der Waals surface area contributed by atoms with Gasteiger partial charge in [0.15, 0.2) is 5.78 Å². The van der Waals surface area contributed by atoms with Crippen LogP contribution in [-0.2, 0) is 0 Å². The van der Waals surface area contributed by atoms with Crippen LogP contribution < -0.4 is 5.73 Å². The van der Waals surface area contributed by atoms with Crippen LogP contribution in [0.4, 0.5) is 5.69 Å². The van der Waals surface area contributed by atoms with Gasteiger partial charge in [-0.25, -0.2) is 0 Å². The number of ketones is 1. The fourth-order valence-electron chi connectivity index (χ4n) is 2.14. The summed E-state index contributed by atoms with van der Waals surface area (Å²) in [5.41, 5.74) is 8.89. The number of hydrogen-bond donors (Lipinski definition) is 1. The molecule has 0 aliphatic carbocycles. The lowest BCUT2D eigenvalue weighted by Gasteiger charge is -2.05. The Labute approximate surface area is 115 Å². The molecule has 2 aromatic carbocycles. The molecule has 1 heterocycles. The lowest BCUT2D eigenvalue weighted by molar-refractivity contribution is 0.104. The third kappa shape index (κ3) is 2.02. The van der Waals surface area contributed by atoms with Gasteiger partial charge in [0.25, 0.3) is 0 Å². The van der Waals surface area contributed by atoms with Gasteiger partial charge >= 0.3 is 0 Å². The van der Waals surface area contributed by atoms with Crippen molar-refractivity contribution in [2.75, 3.05) is 5.73 Å². The van der Waals surface area contributed by atoms with Crippen LogP contribution in [0.1, 0.15) is 21.5 Å². The van der Waals surface area contributed by atoms with Gasteiger partial charge in [0.1, 0.15) is 0 Å². The second-order valence-electron chi connectivity index (χ2n) is 4.55. The minimum atomic E-state index is 0.0520. The summed E-state index contributed by atoms with van der Waals surface area (Å²) in [5.74, 6) is 0.0520. The molecule has 0 saturated carbocycles. The maximum atomic E-state index is 12.6. The normalized spacial score (nSPS) is 10.8. The molecule has 0 spiro atoms. The van der Waals surface area contributed by atoms with E-state index in [-0.39, 0.29) is 5.78 Å². The summed E-state index contributed by atoms with van der Waals surface area (Å²) in [6.07, 6.45) is 0. The molecule has 0 saturated heterocycles. The van der Waals surface area contributed by atoms with Gasteiger partial charge in [-0.15, -0.1) is 11.3 Å². The molecule has 2 nitrogen and oxygen atoms in total. The van der Waals surface area contributed by atoms with E-state index in [4.69, 9.17) is 5.73 Å². The zero-order valence-corrected chi connectivity index (χ0v) is 11.3. The van der Waals surface area contributed by atoms with E-state index < -0.39 is 0 Å². The van der Waals surface area contributed by atoms with Gasteiger partial charge in [-0.1, -0.05) is 12.1 Å². The molecule has 0 fully saturated rings. The zero-order chi connectivity index (χ0) is 13.4. The molecule has 0 aliphatic heterocycles. The van der Waals surface area contributed by atoms with Gasteiger partial charge in [-0.05, 0) is 53.6 Å². The number of fused-ring (bicyclic) bond motifs is 1. The molecule has 1 aromatic heterocycles. The number of carbonyl (C=O) groups is 1. The maximum absolute atomic E-state index is 12.6. The topological polar surface area (TPSA) is 43.1 Å². The first kappa shape index (κ1) is 11.9. The average Bonchev–Trinajstić information content (AvgIpc) is 2.89. The van der Waals surface area contributed by atoms with E-state index >= 15 is 0 Å². The van der Waals surface area contributed by atoms with Crippen LogP contribution in [0.2, 0.25) is 0 Å². The Balaban J connectivity index is 2.13. The molecule has 0 unspecified atom stereocenters. The number of benzene rings is 2. The Morgan fingerprint density at radius 2 is 2.00 bits per heavy atom. The number of nitrogen functional groups attached to an aromatic ring is 1. The SMILES string of the molecule is Cc1cc(C(=O)c2cccc3ccsc23)ccc1N. The second-order valence-corrected chi connectivity index (χ2v) is 5.46. The number of carbonyl (C=O) groups excluding carboxylic acids is 1. The molecule has 0 aliphatic rings. The van der Waals surface area contributed by atoms with E-state index in [9.17, 15) is 4.79 Å². The van der Waals surface area contributed by atoms with Gasteiger partial charge in [0, 0.05) is 21.5 Å². The monoisotopic (exact) mass is 267 g/mol. The van der Waals surface area contributed by atoms with E-state index in [2.05, 4.69) is 0 Å². The van der Waals surface area contributed by atoms with Gasteiger partial charge in [-0.2, -0.15) is 0 Å². The van der Waals surface area contributed by atoms with E-state index in [0.717, 1.165) is 21.2 Å². The number of thiophene rings is 1. The molecule has 0 bridgehead atoms. The summed E-state index contributed by atoms with van der Waals surface area (Å²) >= 11 is 1.60. The minimum absolute atomic E-state index is 0.0520. The van der Waals surface area contributed by atoms with Crippen LogP contribution in [0, 0.1) is 6.92 Å². The van der Waals surface area contributed by atoms with Gasteiger partial charge in [0.2, 0.25) is 0 Å². The van der Waals surface area contributed by atoms with Crippen molar-refractivity contribution in [2.24, 2.45) is 0 Å². The number of nitrogens with two attached hydrogens (primary N) is 1. The Hall–Kier alpha value is -2.13. The molecule has 0 radical (unpaired) electrons. The van der Waals surface area contributed by atoms with Crippen LogP contribution in [0.3, 0.4) is 0 Å². The maximum Gasteiger partial charge on any atom is 0.194 e.